The fourth-order valence-electron chi connectivity index (χ4n) is 4.63. The van der Waals surface area contributed by atoms with E-state index in [1.165, 1.54) is 17.7 Å². The highest BCUT2D eigenvalue weighted by Gasteiger charge is 2.44. The molecule has 0 radical (unpaired) electrons. The highest BCUT2D eigenvalue weighted by Crippen LogP contribution is 2.43. The normalized spacial score (nSPS) is 25.0. The summed E-state index contributed by atoms with van der Waals surface area (Å²) < 4.78 is 14.8. The van der Waals surface area contributed by atoms with Gasteiger partial charge in [-0.1, -0.05) is 12.1 Å². The zero-order chi connectivity index (χ0) is 17.7. The van der Waals surface area contributed by atoms with Crippen LogP contribution in [0.2, 0.25) is 0 Å². The summed E-state index contributed by atoms with van der Waals surface area (Å²) >= 11 is 0. The van der Waals surface area contributed by atoms with E-state index in [1.54, 1.807) is 29.2 Å². The van der Waals surface area contributed by atoms with Crippen LogP contribution in [-0.2, 0) is 0 Å². The third kappa shape index (κ3) is 2.40. The van der Waals surface area contributed by atoms with E-state index in [4.69, 9.17) is 0 Å². The van der Waals surface area contributed by atoms with Crippen LogP contribution in [0.3, 0.4) is 0 Å². The molecule has 2 fully saturated rings. The molecule has 2 bridgehead atoms. The van der Waals surface area contributed by atoms with Gasteiger partial charge in [-0.15, -0.1) is 0 Å². The van der Waals surface area contributed by atoms with Crippen molar-refractivity contribution in [3.8, 4) is 0 Å². The van der Waals surface area contributed by atoms with E-state index in [9.17, 15) is 9.18 Å². The van der Waals surface area contributed by atoms with Crippen molar-refractivity contribution in [1.82, 2.24) is 19.5 Å². The number of carbonyl (C=O) groups is 1. The molecule has 4 heterocycles. The minimum atomic E-state index is -0.204. The zero-order valence-electron chi connectivity index (χ0n) is 14.3. The predicted octanol–water partition coefficient (Wildman–Crippen LogP) is 3.42. The van der Waals surface area contributed by atoms with E-state index in [-0.39, 0.29) is 23.8 Å². The molecule has 0 aliphatic carbocycles. The van der Waals surface area contributed by atoms with E-state index in [2.05, 4.69) is 10.1 Å². The fraction of sp³-hybridized carbons (Fsp3) is 0.350. The number of hydrogen-bond acceptors (Lipinski definition) is 3. The van der Waals surface area contributed by atoms with Gasteiger partial charge in [0.05, 0.1) is 6.20 Å². The van der Waals surface area contributed by atoms with Gasteiger partial charge < -0.3 is 4.90 Å². The number of piperidine rings is 1. The summed E-state index contributed by atoms with van der Waals surface area (Å²) in [4.78, 5) is 19.6. The number of halogens is 1. The van der Waals surface area contributed by atoms with Crippen molar-refractivity contribution >= 4 is 11.6 Å². The Bertz CT molecular complexity index is 953. The summed E-state index contributed by atoms with van der Waals surface area (Å²) in [6.45, 7) is 0. The van der Waals surface area contributed by atoms with E-state index < -0.39 is 0 Å². The fourth-order valence-corrected chi connectivity index (χ4v) is 4.63. The molecule has 132 valence electrons. The number of hydrogen-bond donors (Lipinski definition) is 0. The Morgan fingerprint density at radius 3 is 2.58 bits per heavy atom. The molecule has 2 aliphatic heterocycles. The Kier molecular flexibility index (Phi) is 3.51. The molecule has 1 aromatic carbocycles. The molecule has 3 atom stereocenters. The molecule has 0 unspecified atom stereocenters. The maximum absolute atomic E-state index is 13.2. The minimum Gasteiger partial charge on any atom is -0.332 e. The van der Waals surface area contributed by atoms with E-state index >= 15 is 0 Å². The van der Waals surface area contributed by atoms with Crippen molar-refractivity contribution in [3.63, 3.8) is 0 Å². The first-order valence-corrected chi connectivity index (χ1v) is 9.07. The number of carbonyl (C=O) groups excluding carboxylic acids is 1. The monoisotopic (exact) mass is 350 g/mol. The van der Waals surface area contributed by atoms with Crippen LogP contribution in [0, 0.1) is 5.82 Å². The van der Waals surface area contributed by atoms with E-state index in [0.29, 0.717) is 17.1 Å². The smallest absolute Gasteiger partial charge is 0.259 e. The summed E-state index contributed by atoms with van der Waals surface area (Å²) in [7, 11) is 0. The number of nitrogens with zero attached hydrogens (tertiary/aromatic N) is 4. The Labute approximate surface area is 150 Å². The first-order valence-electron chi connectivity index (χ1n) is 9.07. The van der Waals surface area contributed by atoms with Crippen molar-refractivity contribution in [3.05, 3.63) is 65.9 Å². The van der Waals surface area contributed by atoms with Crippen LogP contribution >= 0.6 is 0 Å². The van der Waals surface area contributed by atoms with Gasteiger partial charge in [0.2, 0.25) is 0 Å². The standard InChI is InChI=1S/C20H19FN4O/c21-15-4-2-13(3-5-15)14-10-16-6-7-17(11-14)25(16)20(26)18-12-23-24-9-1-8-22-19(18)24/h1-5,8-9,12,14,16-17H,6-7,10-11H2/t14-,16+,17-. The lowest BCUT2D eigenvalue weighted by molar-refractivity contribution is 0.0573. The molecule has 5 rings (SSSR count). The lowest BCUT2D eigenvalue weighted by Crippen LogP contribution is -2.46. The molecule has 0 N–H and O–H groups in total. The highest BCUT2D eigenvalue weighted by molar-refractivity contribution is 6.00. The minimum absolute atomic E-state index is 0.0313. The zero-order valence-corrected chi connectivity index (χ0v) is 14.3. The number of aromatic nitrogens is 3. The Morgan fingerprint density at radius 2 is 1.85 bits per heavy atom. The van der Waals surface area contributed by atoms with Crippen LogP contribution in [0.5, 0.6) is 0 Å². The van der Waals surface area contributed by atoms with Gasteiger partial charge in [0.15, 0.2) is 5.65 Å². The lowest BCUT2D eigenvalue weighted by atomic mass is 9.85. The number of amides is 1. The Hall–Kier alpha value is -2.76. The van der Waals surface area contributed by atoms with E-state index in [0.717, 1.165) is 25.7 Å². The molecule has 1 amide bonds. The summed E-state index contributed by atoms with van der Waals surface area (Å²) in [6.07, 6.45) is 9.02. The van der Waals surface area contributed by atoms with Crippen LogP contribution in [0.4, 0.5) is 4.39 Å². The lowest BCUT2D eigenvalue weighted by Gasteiger charge is -2.39. The second-order valence-corrected chi connectivity index (χ2v) is 7.26. The Morgan fingerprint density at radius 1 is 1.12 bits per heavy atom. The van der Waals surface area contributed by atoms with Crippen LogP contribution in [0.25, 0.3) is 5.65 Å². The van der Waals surface area contributed by atoms with Gasteiger partial charge in [0.1, 0.15) is 11.4 Å². The van der Waals surface area contributed by atoms with Crippen molar-refractivity contribution in [2.75, 3.05) is 0 Å². The summed E-state index contributed by atoms with van der Waals surface area (Å²) in [6, 6.07) is 9.08. The molecular weight excluding hydrogens is 331 g/mol. The molecule has 0 saturated carbocycles. The largest absolute Gasteiger partial charge is 0.332 e. The van der Waals surface area contributed by atoms with Gasteiger partial charge in [0, 0.05) is 24.5 Å². The highest BCUT2D eigenvalue weighted by atomic mass is 19.1. The van der Waals surface area contributed by atoms with Gasteiger partial charge >= 0.3 is 0 Å². The first kappa shape index (κ1) is 15.5. The summed E-state index contributed by atoms with van der Waals surface area (Å²) in [5.74, 6) is 0.216. The van der Waals surface area contributed by atoms with Gasteiger partial charge in [-0.05, 0) is 55.4 Å². The second-order valence-electron chi connectivity index (χ2n) is 7.26. The quantitative estimate of drug-likeness (QED) is 0.712. The molecule has 26 heavy (non-hydrogen) atoms. The molecule has 2 aromatic heterocycles. The van der Waals surface area contributed by atoms with Crippen LogP contribution in [0.15, 0.2) is 48.9 Å². The van der Waals surface area contributed by atoms with Crippen LogP contribution in [0.1, 0.15) is 47.5 Å². The number of fused-ring (bicyclic) bond motifs is 3. The van der Waals surface area contributed by atoms with Crippen molar-refractivity contribution < 1.29 is 9.18 Å². The SMILES string of the molecule is O=C(c1cnn2cccnc12)N1[C@@H]2CC[C@H]1C[C@@H](c1ccc(F)cc1)C2. The van der Waals surface area contributed by atoms with Gasteiger partial charge in [-0.2, -0.15) is 5.10 Å². The predicted molar refractivity (Wildman–Crippen MR) is 94.3 cm³/mol. The number of benzene rings is 1. The molecule has 0 spiro atoms. The van der Waals surface area contributed by atoms with Crippen molar-refractivity contribution in [1.29, 1.82) is 0 Å². The van der Waals surface area contributed by atoms with Crippen molar-refractivity contribution in [2.45, 2.75) is 43.7 Å². The second kappa shape index (κ2) is 5.90. The average molecular weight is 350 g/mol. The molecule has 5 nitrogen and oxygen atoms in total. The third-order valence-corrected chi connectivity index (χ3v) is 5.82. The molecular formula is C20H19FN4O. The van der Waals surface area contributed by atoms with Crippen molar-refractivity contribution in [2.24, 2.45) is 0 Å². The first-order chi connectivity index (χ1) is 12.7. The topological polar surface area (TPSA) is 50.5 Å². The van der Waals surface area contributed by atoms with Gasteiger partial charge in [-0.3, -0.25) is 4.79 Å². The molecule has 2 saturated heterocycles. The molecule has 6 heteroatoms. The third-order valence-electron chi connectivity index (χ3n) is 5.82. The summed E-state index contributed by atoms with van der Waals surface area (Å²) in [5.41, 5.74) is 2.35. The number of rotatable bonds is 2. The van der Waals surface area contributed by atoms with Crippen LogP contribution in [-0.4, -0.2) is 37.5 Å². The maximum Gasteiger partial charge on any atom is 0.259 e. The van der Waals surface area contributed by atoms with Gasteiger partial charge in [-0.25, -0.2) is 13.9 Å². The Balaban J connectivity index is 1.42. The maximum atomic E-state index is 13.2. The summed E-state index contributed by atoms with van der Waals surface area (Å²) in [5, 5.41) is 4.25. The molecule has 2 aliphatic rings. The molecule has 3 aromatic rings. The van der Waals surface area contributed by atoms with Gasteiger partial charge in [0.25, 0.3) is 5.91 Å². The van der Waals surface area contributed by atoms with Crippen LogP contribution < -0.4 is 0 Å². The average Bonchev–Trinajstić information content (AvgIpc) is 3.20. The van der Waals surface area contributed by atoms with E-state index in [1.807, 2.05) is 17.0 Å².